The predicted molar refractivity (Wildman–Crippen MR) is 113 cm³/mol. The van der Waals surface area contributed by atoms with Crippen LogP contribution in [0, 0.1) is 0 Å². The van der Waals surface area contributed by atoms with Crippen LogP contribution in [0.15, 0.2) is 59.7 Å². The van der Waals surface area contributed by atoms with Crippen molar-refractivity contribution in [3.63, 3.8) is 0 Å². The van der Waals surface area contributed by atoms with Gasteiger partial charge in [-0.25, -0.2) is 9.59 Å². The molecule has 9 heteroatoms. The quantitative estimate of drug-likeness (QED) is 0.321. The number of phenols is 2. The van der Waals surface area contributed by atoms with E-state index >= 15 is 0 Å². The minimum absolute atomic E-state index is 0.0730. The molecule has 9 nitrogen and oxygen atoms in total. The molecule has 2 rings (SSSR count). The van der Waals surface area contributed by atoms with Gasteiger partial charge in [-0.1, -0.05) is 12.2 Å². The predicted octanol–water partition coefficient (Wildman–Crippen LogP) is 3.15. The van der Waals surface area contributed by atoms with Gasteiger partial charge in [0, 0.05) is 12.1 Å². The van der Waals surface area contributed by atoms with Crippen LogP contribution < -0.4 is 9.47 Å². The third-order valence-corrected chi connectivity index (χ3v) is 4.39. The van der Waals surface area contributed by atoms with Crippen molar-refractivity contribution in [1.29, 1.82) is 0 Å². The number of benzene rings is 2. The number of hydrogen-bond donors (Lipinski definition) is 4. The van der Waals surface area contributed by atoms with Crippen molar-refractivity contribution in [2.45, 2.75) is 13.8 Å². The van der Waals surface area contributed by atoms with Gasteiger partial charge in [-0.2, -0.15) is 0 Å². The fraction of sp³-hybridized carbons (Fsp3) is 0.174. The molecule has 2 aromatic carbocycles. The van der Waals surface area contributed by atoms with E-state index in [4.69, 9.17) is 19.7 Å². The van der Waals surface area contributed by atoms with Crippen LogP contribution in [0.4, 0.5) is 0 Å². The van der Waals surface area contributed by atoms with E-state index in [2.05, 4.69) is 6.58 Å². The third kappa shape index (κ3) is 5.88. The second-order valence-electron chi connectivity index (χ2n) is 6.96. The fourth-order valence-corrected chi connectivity index (χ4v) is 2.54. The van der Waals surface area contributed by atoms with Gasteiger partial charge in [0.05, 0.1) is 22.3 Å². The van der Waals surface area contributed by atoms with Gasteiger partial charge in [0.1, 0.15) is 36.2 Å². The second kappa shape index (κ2) is 10.2. The van der Waals surface area contributed by atoms with Gasteiger partial charge in [0.25, 0.3) is 0 Å². The fourth-order valence-electron chi connectivity index (χ4n) is 2.54. The summed E-state index contributed by atoms with van der Waals surface area (Å²) in [7, 11) is 0. The van der Waals surface area contributed by atoms with Crippen LogP contribution in [0.3, 0.4) is 0 Å². The lowest BCUT2D eigenvalue weighted by atomic mass is 10.0. The van der Waals surface area contributed by atoms with E-state index in [-0.39, 0.29) is 47.0 Å². The first kappa shape index (κ1) is 24.0. The van der Waals surface area contributed by atoms with Gasteiger partial charge in [-0.15, -0.1) is 0 Å². The maximum absolute atomic E-state index is 12.7. The molecular weight excluding hydrogens is 420 g/mol. The highest BCUT2D eigenvalue weighted by Crippen LogP contribution is 2.31. The summed E-state index contributed by atoms with van der Waals surface area (Å²) in [5.74, 6) is -3.57. The average Bonchev–Trinajstić information content (AvgIpc) is 2.71. The zero-order valence-electron chi connectivity index (χ0n) is 17.4. The standard InChI is InChI=1S/C23H22O9/c1-12(2)18(23(29)30)11-32-15-5-7-17(20(25)9-15)21(26)16-6-4-14(8-19(16)24)31-10-13(3)22(27)28/h4-9,24-25H,3,10-11H2,1-2H3,(H,27,28)(H,29,30). The first-order valence-corrected chi connectivity index (χ1v) is 9.28. The number of rotatable bonds is 10. The van der Waals surface area contributed by atoms with E-state index in [0.29, 0.717) is 5.57 Å². The van der Waals surface area contributed by atoms with Gasteiger partial charge in [0.15, 0.2) is 5.78 Å². The zero-order chi connectivity index (χ0) is 24.0. The van der Waals surface area contributed by atoms with Crippen molar-refractivity contribution in [1.82, 2.24) is 0 Å². The molecule has 0 aliphatic carbocycles. The molecule has 2 aromatic rings. The number of carbonyl (C=O) groups excluding carboxylic acids is 1. The lowest BCUT2D eigenvalue weighted by Gasteiger charge is -2.11. The maximum atomic E-state index is 12.7. The molecule has 0 heterocycles. The molecule has 0 aliphatic rings. The largest absolute Gasteiger partial charge is 0.507 e. The van der Waals surface area contributed by atoms with Gasteiger partial charge < -0.3 is 29.9 Å². The topological polar surface area (TPSA) is 151 Å². The van der Waals surface area contributed by atoms with Gasteiger partial charge in [-0.3, -0.25) is 4.79 Å². The van der Waals surface area contributed by atoms with Crippen molar-refractivity contribution >= 4 is 17.7 Å². The molecule has 0 spiro atoms. The Morgan fingerprint density at radius 1 is 0.812 bits per heavy atom. The molecule has 4 N–H and O–H groups in total. The van der Waals surface area contributed by atoms with Gasteiger partial charge in [0.2, 0.25) is 0 Å². The Morgan fingerprint density at radius 2 is 1.28 bits per heavy atom. The highest BCUT2D eigenvalue weighted by Gasteiger charge is 2.19. The summed E-state index contributed by atoms with van der Waals surface area (Å²) in [6.07, 6.45) is 0. The normalized spacial score (nSPS) is 10.2. The Morgan fingerprint density at radius 3 is 1.66 bits per heavy atom. The molecule has 0 unspecified atom stereocenters. The number of hydrogen-bond acceptors (Lipinski definition) is 7. The van der Waals surface area contributed by atoms with Crippen molar-refractivity contribution in [3.8, 4) is 23.0 Å². The van der Waals surface area contributed by atoms with E-state index < -0.39 is 29.2 Å². The summed E-state index contributed by atoms with van der Waals surface area (Å²) in [5, 5.41) is 38.4. The van der Waals surface area contributed by atoms with Crippen LogP contribution in [0.2, 0.25) is 0 Å². The third-order valence-electron chi connectivity index (χ3n) is 4.39. The molecule has 0 radical (unpaired) electrons. The summed E-state index contributed by atoms with van der Waals surface area (Å²) in [5.41, 5.74) is 0.238. The van der Waals surface area contributed by atoms with Crippen LogP contribution in [-0.2, 0) is 9.59 Å². The van der Waals surface area contributed by atoms with E-state index in [9.17, 15) is 24.6 Å². The Labute approximate surface area is 183 Å². The Hall–Kier alpha value is -4.27. The number of allylic oxidation sites excluding steroid dienone is 1. The van der Waals surface area contributed by atoms with Crippen molar-refractivity contribution in [2.75, 3.05) is 13.2 Å². The number of carbonyl (C=O) groups is 3. The SMILES string of the molecule is C=C(COc1ccc(C(=O)c2ccc(OCC(C(=O)O)=C(C)C)cc2O)c(O)c1)C(=O)O. The lowest BCUT2D eigenvalue weighted by Crippen LogP contribution is -2.12. The second-order valence-corrected chi connectivity index (χ2v) is 6.96. The van der Waals surface area contributed by atoms with Crippen LogP contribution in [0.1, 0.15) is 29.8 Å². The van der Waals surface area contributed by atoms with E-state index in [1.807, 2.05) is 0 Å². The lowest BCUT2D eigenvalue weighted by molar-refractivity contribution is -0.134. The smallest absolute Gasteiger partial charge is 0.334 e. The van der Waals surface area contributed by atoms with Crippen molar-refractivity contribution in [2.24, 2.45) is 0 Å². The highest BCUT2D eigenvalue weighted by molar-refractivity contribution is 6.12. The number of ether oxygens (including phenoxy) is 2. The molecule has 0 saturated heterocycles. The highest BCUT2D eigenvalue weighted by atomic mass is 16.5. The Balaban J connectivity index is 2.16. The first-order valence-electron chi connectivity index (χ1n) is 9.28. The molecular formula is C23H22O9. The minimum atomic E-state index is -1.22. The van der Waals surface area contributed by atoms with Crippen molar-refractivity contribution < 1.29 is 44.3 Å². The molecule has 0 aliphatic heterocycles. The maximum Gasteiger partial charge on any atom is 0.334 e. The molecule has 0 bridgehead atoms. The summed E-state index contributed by atoms with van der Waals surface area (Å²) in [6, 6.07) is 7.63. The number of carboxylic acid groups (broad SMARTS) is 2. The summed E-state index contributed by atoms with van der Waals surface area (Å²) in [4.78, 5) is 34.7. The molecule has 32 heavy (non-hydrogen) atoms. The molecule has 0 saturated carbocycles. The summed E-state index contributed by atoms with van der Waals surface area (Å²) in [6.45, 7) is 6.07. The Bertz CT molecular complexity index is 1110. The van der Waals surface area contributed by atoms with Crippen LogP contribution >= 0.6 is 0 Å². The molecule has 0 amide bonds. The van der Waals surface area contributed by atoms with Crippen LogP contribution in [0.5, 0.6) is 23.0 Å². The number of aromatic hydroxyl groups is 2. The molecule has 168 valence electrons. The molecule has 0 aromatic heterocycles. The van der Waals surface area contributed by atoms with E-state index in [1.54, 1.807) is 13.8 Å². The van der Waals surface area contributed by atoms with Crippen LogP contribution in [-0.4, -0.2) is 51.4 Å². The van der Waals surface area contributed by atoms with Gasteiger partial charge >= 0.3 is 11.9 Å². The monoisotopic (exact) mass is 442 g/mol. The summed E-state index contributed by atoms with van der Waals surface area (Å²) >= 11 is 0. The molecule has 0 fully saturated rings. The van der Waals surface area contributed by atoms with Crippen LogP contribution in [0.25, 0.3) is 0 Å². The number of ketones is 1. The number of phenolic OH excluding ortho intramolecular Hbond substituents is 2. The van der Waals surface area contributed by atoms with E-state index in [0.717, 1.165) is 6.07 Å². The summed E-state index contributed by atoms with van der Waals surface area (Å²) < 4.78 is 10.6. The molecule has 0 atom stereocenters. The number of carboxylic acids is 2. The minimum Gasteiger partial charge on any atom is -0.507 e. The van der Waals surface area contributed by atoms with E-state index in [1.165, 1.54) is 30.3 Å². The number of aliphatic carboxylic acids is 2. The Kier molecular flexibility index (Phi) is 7.62. The first-order chi connectivity index (χ1) is 15.0. The average molecular weight is 442 g/mol. The van der Waals surface area contributed by atoms with Crippen molar-refractivity contribution in [3.05, 3.63) is 70.8 Å². The zero-order valence-corrected chi connectivity index (χ0v) is 17.4. The van der Waals surface area contributed by atoms with Gasteiger partial charge in [-0.05, 0) is 38.1 Å².